The maximum Gasteiger partial charge on any atom is -0.0193 e. The summed E-state index contributed by atoms with van der Waals surface area (Å²) in [6, 6.07) is 8.97. The van der Waals surface area contributed by atoms with E-state index in [9.17, 15) is 0 Å². The summed E-state index contributed by atoms with van der Waals surface area (Å²) in [6.45, 7) is 0. The van der Waals surface area contributed by atoms with Crippen LogP contribution in [0, 0.1) is 0 Å². The predicted octanol–water partition coefficient (Wildman–Crippen LogP) is 3.96. The molecule has 1 aromatic rings. The number of hydrogen-bond donors (Lipinski definition) is 0. The van der Waals surface area contributed by atoms with Gasteiger partial charge in [0.2, 0.25) is 0 Å². The van der Waals surface area contributed by atoms with E-state index in [1.807, 2.05) is 0 Å². The third kappa shape index (κ3) is 1.21. The van der Waals surface area contributed by atoms with E-state index in [-0.39, 0.29) is 0 Å². The Hall–Kier alpha value is -1.04. The molecule has 72 valence electrons. The van der Waals surface area contributed by atoms with Crippen LogP contribution in [0.5, 0.6) is 0 Å². The second-order valence-corrected chi connectivity index (χ2v) is 4.45. The van der Waals surface area contributed by atoms with Crippen molar-refractivity contribution in [2.45, 2.75) is 38.5 Å². The van der Waals surface area contributed by atoms with Gasteiger partial charge in [-0.15, -0.1) is 0 Å². The van der Waals surface area contributed by atoms with Crippen LogP contribution in [-0.4, -0.2) is 0 Å². The smallest absolute Gasteiger partial charge is 0.0193 e. The van der Waals surface area contributed by atoms with Gasteiger partial charge in [-0.25, -0.2) is 0 Å². The van der Waals surface area contributed by atoms with Gasteiger partial charge in [0, 0.05) is 0 Å². The highest BCUT2D eigenvalue weighted by atomic mass is 14.2. The minimum Gasteiger partial charge on any atom is -0.0661 e. The molecule has 0 saturated carbocycles. The van der Waals surface area contributed by atoms with E-state index in [4.69, 9.17) is 0 Å². The molecule has 0 unspecified atom stereocenters. The molecule has 0 fully saturated rings. The summed E-state index contributed by atoms with van der Waals surface area (Å²) in [5, 5.41) is 0. The first-order valence-corrected chi connectivity index (χ1v) is 5.74. The van der Waals surface area contributed by atoms with Crippen molar-refractivity contribution in [2.75, 3.05) is 0 Å². The van der Waals surface area contributed by atoms with Crippen LogP contribution < -0.4 is 0 Å². The third-order valence-corrected chi connectivity index (χ3v) is 3.62. The average Bonchev–Trinajstić information content (AvgIpc) is 2.29. The van der Waals surface area contributed by atoms with Crippen molar-refractivity contribution < 1.29 is 0 Å². The Morgan fingerprint density at radius 1 is 0.786 bits per heavy atom. The van der Waals surface area contributed by atoms with Gasteiger partial charge in [0.15, 0.2) is 0 Å². The van der Waals surface area contributed by atoms with Crippen molar-refractivity contribution >= 4 is 5.57 Å². The summed E-state index contributed by atoms with van der Waals surface area (Å²) in [4.78, 5) is 0. The van der Waals surface area contributed by atoms with Gasteiger partial charge in [-0.1, -0.05) is 29.8 Å². The fraction of sp³-hybridized carbons (Fsp3) is 0.429. The highest BCUT2D eigenvalue weighted by molar-refractivity contribution is 5.73. The lowest BCUT2D eigenvalue weighted by atomic mass is 9.78. The fourth-order valence-electron chi connectivity index (χ4n) is 2.89. The molecule has 2 aliphatic carbocycles. The number of aryl methyl sites for hydroxylation is 1. The van der Waals surface area contributed by atoms with Crippen molar-refractivity contribution in [3.63, 3.8) is 0 Å². The molecule has 0 spiro atoms. The van der Waals surface area contributed by atoms with Crippen LogP contribution in [0.1, 0.15) is 43.2 Å². The number of rotatable bonds is 0. The lowest BCUT2D eigenvalue weighted by Gasteiger charge is -2.27. The van der Waals surface area contributed by atoms with Crippen molar-refractivity contribution in [1.29, 1.82) is 0 Å². The Morgan fingerprint density at radius 3 is 2.64 bits per heavy atom. The summed E-state index contributed by atoms with van der Waals surface area (Å²) in [7, 11) is 0. The van der Waals surface area contributed by atoms with E-state index in [1.165, 1.54) is 38.5 Å². The molecule has 0 saturated heterocycles. The zero-order valence-electron chi connectivity index (χ0n) is 8.55. The van der Waals surface area contributed by atoms with Gasteiger partial charge in [-0.2, -0.15) is 0 Å². The van der Waals surface area contributed by atoms with E-state index in [0.29, 0.717) is 0 Å². The molecule has 3 rings (SSSR count). The Labute approximate surface area is 85.6 Å². The van der Waals surface area contributed by atoms with Gasteiger partial charge in [-0.05, 0) is 55.2 Å². The largest absolute Gasteiger partial charge is 0.0661 e. The quantitative estimate of drug-likeness (QED) is 0.572. The normalized spacial score (nSPS) is 20.3. The molecule has 0 N–H and O–H groups in total. The van der Waals surface area contributed by atoms with Crippen LogP contribution in [0.2, 0.25) is 0 Å². The van der Waals surface area contributed by atoms with Gasteiger partial charge in [-0.3, -0.25) is 0 Å². The minimum atomic E-state index is 1.27. The Balaban J connectivity index is 2.13. The maximum absolute atomic E-state index is 2.31. The molecule has 0 bridgehead atoms. The lowest BCUT2D eigenvalue weighted by Crippen LogP contribution is -2.08. The van der Waals surface area contributed by atoms with Crippen LogP contribution in [-0.2, 0) is 6.42 Å². The Morgan fingerprint density at radius 2 is 1.64 bits per heavy atom. The van der Waals surface area contributed by atoms with Gasteiger partial charge in [0.1, 0.15) is 0 Å². The topological polar surface area (TPSA) is 0 Å². The lowest BCUT2D eigenvalue weighted by molar-refractivity contribution is 0.675. The molecule has 0 heterocycles. The molecule has 0 aliphatic heterocycles. The summed E-state index contributed by atoms with van der Waals surface area (Å²) in [5.74, 6) is 0. The van der Waals surface area contributed by atoms with Crippen LogP contribution in [0.3, 0.4) is 0 Å². The highest BCUT2D eigenvalue weighted by Gasteiger charge is 2.20. The summed E-state index contributed by atoms with van der Waals surface area (Å²) in [6.07, 6.45) is 8.10. The second-order valence-electron chi connectivity index (χ2n) is 4.45. The monoisotopic (exact) mass is 184 g/mol. The maximum atomic E-state index is 2.31. The average molecular weight is 184 g/mol. The van der Waals surface area contributed by atoms with Crippen molar-refractivity contribution in [2.24, 2.45) is 0 Å². The van der Waals surface area contributed by atoms with Gasteiger partial charge in [0.05, 0.1) is 0 Å². The van der Waals surface area contributed by atoms with Gasteiger partial charge < -0.3 is 0 Å². The van der Waals surface area contributed by atoms with Crippen LogP contribution in [0.15, 0.2) is 29.8 Å². The van der Waals surface area contributed by atoms with Crippen LogP contribution in [0.25, 0.3) is 5.57 Å². The summed E-state index contributed by atoms with van der Waals surface area (Å²) in [5.41, 5.74) is 6.59. The van der Waals surface area contributed by atoms with Crippen molar-refractivity contribution in [1.82, 2.24) is 0 Å². The predicted molar refractivity (Wildman–Crippen MR) is 60.2 cm³/mol. The molecule has 0 heteroatoms. The number of allylic oxidation sites excluding steroid dienone is 2. The van der Waals surface area contributed by atoms with Crippen LogP contribution >= 0.6 is 0 Å². The second kappa shape index (κ2) is 3.27. The van der Waals surface area contributed by atoms with E-state index in [0.717, 1.165) is 0 Å². The van der Waals surface area contributed by atoms with E-state index in [1.54, 1.807) is 22.3 Å². The standard InChI is InChI=1S/C14H16/c1-3-7-13-11(5-1)9-10-12-6-2-4-8-14(12)13/h1,3,5,7H,2,4,6,8-10H2. The molecule has 0 nitrogen and oxygen atoms in total. The first-order valence-electron chi connectivity index (χ1n) is 5.74. The molecule has 14 heavy (non-hydrogen) atoms. The Bertz CT molecular complexity index is 385. The van der Waals surface area contributed by atoms with E-state index >= 15 is 0 Å². The van der Waals surface area contributed by atoms with Crippen molar-refractivity contribution in [3.05, 3.63) is 41.0 Å². The number of hydrogen-bond acceptors (Lipinski definition) is 0. The highest BCUT2D eigenvalue weighted by Crippen LogP contribution is 2.39. The SMILES string of the molecule is c1ccc2c(c1)CCC1=C2CCCC1. The summed E-state index contributed by atoms with van der Waals surface area (Å²) < 4.78 is 0. The molecule has 1 aromatic carbocycles. The Kier molecular flexibility index (Phi) is 1.93. The molecular formula is C14H16. The minimum absolute atomic E-state index is 1.27. The van der Waals surface area contributed by atoms with E-state index in [2.05, 4.69) is 24.3 Å². The molecule has 0 amide bonds. The first kappa shape index (κ1) is 8.28. The molecule has 2 aliphatic rings. The molecule has 0 atom stereocenters. The van der Waals surface area contributed by atoms with Crippen LogP contribution in [0.4, 0.5) is 0 Å². The number of fused-ring (bicyclic) bond motifs is 2. The molecular weight excluding hydrogens is 168 g/mol. The van der Waals surface area contributed by atoms with E-state index < -0.39 is 0 Å². The molecule has 0 radical (unpaired) electrons. The number of benzene rings is 1. The molecule has 0 aromatic heterocycles. The zero-order chi connectivity index (χ0) is 9.38. The third-order valence-electron chi connectivity index (χ3n) is 3.62. The van der Waals surface area contributed by atoms with Gasteiger partial charge in [0.25, 0.3) is 0 Å². The summed E-state index contributed by atoms with van der Waals surface area (Å²) >= 11 is 0. The zero-order valence-corrected chi connectivity index (χ0v) is 8.55. The van der Waals surface area contributed by atoms with Gasteiger partial charge >= 0.3 is 0 Å². The first-order chi connectivity index (χ1) is 6.95. The fourth-order valence-corrected chi connectivity index (χ4v) is 2.89. The van der Waals surface area contributed by atoms with Crippen molar-refractivity contribution in [3.8, 4) is 0 Å².